The molecule has 2 aromatic rings. The zero-order chi connectivity index (χ0) is 17.2. The van der Waals surface area contributed by atoms with Crippen LogP contribution in [0, 0.1) is 12.7 Å². The Morgan fingerprint density at radius 3 is 2.68 bits per heavy atom. The van der Waals surface area contributed by atoms with Crippen LogP contribution in [0.5, 0.6) is 5.75 Å². The molecule has 1 aromatic carbocycles. The highest BCUT2D eigenvalue weighted by Gasteiger charge is 2.01. The summed E-state index contributed by atoms with van der Waals surface area (Å²) in [6.45, 7) is 6.74. The molecule has 8 heteroatoms. The van der Waals surface area contributed by atoms with E-state index in [0.717, 1.165) is 30.5 Å². The zero-order valence-corrected chi connectivity index (χ0v) is 17.6. The first-order valence-electron chi connectivity index (χ1n) is 7.99. The summed E-state index contributed by atoms with van der Waals surface area (Å²) in [4.78, 5) is 10.0. The monoisotopic (exact) mass is 478 g/mol. The average molecular weight is 478 g/mol. The van der Waals surface area contributed by atoms with Crippen LogP contribution in [0.3, 0.4) is 0 Å². The molecule has 0 radical (unpaired) electrons. The minimum Gasteiger partial charge on any atom is -0.494 e. The van der Waals surface area contributed by atoms with Gasteiger partial charge in [0.15, 0.2) is 5.96 Å². The van der Waals surface area contributed by atoms with E-state index in [9.17, 15) is 4.39 Å². The van der Waals surface area contributed by atoms with Gasteiger partial charge in [-0.2, -0.15) is 0 Å². The predicted molar refractivity (Wildman–Crippen MR) is 112 cm³/mol. The van der Waals surface area contributed by atoms with E-state index in [-0.39, 0.29) is 29.8 Å². The van der Waals surface area contributed by atoms with E-state index in [1.54, 1.807) is 23.5 Å². The minimum absolute atomic E-state index is 0. The summed E-state index contributed by atoms with van der Waals surface area (Å²) < 4.78 is 18.4. The van der Waals surface area contributed by atoms with Crippen LogP contribution in [0.4, 0.5) is 4.39 Å². The predicted octanol–water partition coefficient (Wildman–Crippen LogP) is 3.73. The highest BCUT2D eigenvalue weighted by atomic mass is 127. The molecule has 0 aliphatic rings. The van der Waals surface area contributed by atoms with Crippen LogP contribution in [0.25, 0.3) is 0 Å². The van der Waals surface area contributed by atoms with Gasteiger partial charge in [0.2, 0.25) is 0 Å². The number of nitrogens with one attached hydrogen (secondary N) is 2. The fourth-order valence-electron chi connectivity index (χ4n) is 1.96. The Morgan fingerprint density at radius 2 is 2.04 bits per heavy atom. The highest BCUT2D eigenvalue weighted by molar-refractivity contribution is 14.0. The molecule has 2 rings (SSSR count). The molecule has 0 saturated carbocycles. The molecule has 0 unspecified atom stereocenters. The van der Waals surface area contributed by atoms with Gasteiger partial charge in [0.05, 0.1) is 13.2 Å². The van der Waals surface area contributed by atoms with Gasteiger partial charge in [0, 0.05) is 24.2 Å². The topological polar surface area (TPSA) is 58.5 Å². The van der Waals surface area contributed by atoms with Crippen molar-refractivity contribution in [2.45, 2.75) is 26.8 Å². The van der Waals surface area contributed by atoms with Gasteiger partial charge in [-0.25, -0.2) is 14.4 Å². The maximum Gasteiger partial charge on any atom is 0.191 e. The summed E-state index contributed by atoms with van der Waals surface area (Å²) in [6.07, 6.45) is 2.68. The van der Waals surface area contributed by atoms with Gasteiger partial charge in [0.25, 0.3) is 0 Å². The van der Waals surface area contributed by atoms with Gasteiger partial charge in [-0.1, -0.05) is 0 Å². The molecule has 0 spiro atoms. The number of aryl methyl sites for hydroxylation is 1. The Balaban J connectivity index is 0.00000312. The lowest BCUT2D eigenvalue weighted by Gasteiger charge is -2.11. The first-order chi connectivity index (χ1) is 11.7. The second-order valence-electron chi connectivity index (χ2n) is 5.14. The van der Waals surface area contributed by atoms with Crippen molar-refractivity contribution in [3.05, 3.63) is 46.2 Å². The van der Waals surface area contributed by atoms with Gasteiger partial charge in [-0.3, -0.25) is 0 Å². The highest BCUT2D eigenvalue weighted by Crippen LogP contribution is 2.12. The Bertz CT molecular complexity index is 648. The quantitative estimate of drug-likeness (QED) is 0.263. The fraction of sp³-hybridized carbons (Fsp3) is 0.412. The Morgan fingerprint density at radius 1 is 1.28 bits per heavy atom. The van der Waals surface area contributed by atoms with Crippen molar-refractivity contribution in [3.8, 4) is 5.75 Å². The number of thiazole rings is 1. The van der Waals surface area contributed by atoms with Crippen LogP contribution >= 0.6 is 35.3 Å². The van der Waals surface area contributed by atoms with E-state index in [4.69, 9.17) is 4.74 Å². The van der Waals surface area contributed by atoms with Crippen molar-refractivity contribution in [1.29, 1.82) is 0 Å². The third-order valence-electron chi connectivity index (χ3n) is 3.08. The standard InChI is InChI=1S/C17H23FN4OS.HI/c1-3-19-17(22-12-16-21-11-13(2)24-16)20-9-4-10-23-15-7-5-14(18)6-8-15;/h5-8,11H,3-4,9-10,12H2,1-2H3,(H2,19,20,22);1H. The zero-order valence-electron chi connectivity index (χ0n) is 14.4. The van der Waals surface area contributed by atoms with Gasteiger partial charge in [-0.05, 0) is 44.5 Å². The smallest absolute Gasteiger partial charge is 0.191 e. The molecule has 25 heavy (non-hydrogen) atoms. The third kappa shape index (κ3) is 8.48. The number of nitrogens with zero attached hydrogens (tertiary/aromatic N) is 2. The number of ether oxygens (including phenoxy) is 1. The number of halogens is 2. The maximum atomic E-state index is 12.8. The number of aromatic nitrogens is 1. The van der Waals surface area contributed by atoms with Crippen LogP contribution in [-0.2, 0) is 6.54 Å². The normalized spacial score (nSPS) is 10.9. The molecule has 0 atom stereocenters. The first-order valence-corrected chi connectivity index (χ1v) is 8.81. The number of rotatable bonds is 8. The molecule has 0 aliphatic heterocycles. The molecule has 0 amide bonds. The summed E-state index contributed by atoms with van der Waals surface area (Å²) in [6, 6.07) is 6.04. The largest absolute Gasteiger partial charge is 0.494 e. The molecule has 0 saturated heterocycles. The Labute approximate surface area is 169 Å². The number of aliphatic imine (C=N–C) groups is 1. The molecule has 1 aromatic heterocycles. The molecule has 0 fully saturated rings. The maximum absolute atomic E-state index is 12.8. The summed E-state index contributed by atoms with van der Waals surface area (Å²) in [5.74, 6) is 1.19. The van der Waals surface area contributed by atoms with E-state index >= 15 is 0 Å². The van der Waals surface area contributed by atoms with Crippen molar-refractivity contribution in [1.82, 2.24) is 15.6 Å². The molecule has 5 nitrogen and oxygen atoms in total. The summed E-state index contributed by atoms with van der Waals surface area (Å²) >= 11 is 1.66. The van der Waals surface area contributed by atoms with Gasteiger partial charge in [-0.15, -0.1) is 35.3 Å². The van der Waals surface area contributed by atoms with Gasteiger partial charge in [0.1, 0.15) is 16.6 Å². The first kappa shape index (κ1) is 21.6. The molecule has 138 valence electrons. The summed E-state index contributed by atoms with van der Waals surface area (Å²) in [7, 11) is 0. The molecular formula is C17H24FIN4OS. The fourth-order valence-corrected chi connectivity index (χ4v) is 2.67. The lowest BCUT2D eigenvalue weighted by Crippen LogP contribution is -2.38. The minimum atomic E-state index is -0.258. The number of hydrogen-bond acceptors (Lipinski definition) is 4. The Hall–Kier alpha value is -1.42. The van der Waals surface area contributed by atoms with Crippen molar-refractivity contribution >= 4 is 41.3 Å². The van der Waals surface area contributed by atoms with E-state index in [1.807, 2.05) is 20.0 Å². The SMILES string of the molecule is CCNC(=NCc1ncc(C)s1)NCCCOc1ccc(F)cc1.I. The van der Waals surface area contributed by atoms with Crippen LogP contribution in [0.1, 0.15) is 23.2 Å². The second-order valence-corrected chi connectivity index (χ2v) is 6.46. The van der Waals surface area contributed by atoms with E-state index in [0.29, 0.717) is 18.9 Å². The van der Waals surface area contributed by atoms with Crippen LogP contribution in [0.15, 0.2) is 35.5 Å². The van der Waals surface area contributed by atoms with Gasteiger partial charge >= 0.3 is 0 Å². The van der Waals surface area contributed by atoms with Crippen molar-refractivity contribution in [2.24, 2.45) is 4.99 Å². The molecule has 1 heterocycles. The van der Waals surface area contributed by atoms with E-state index in [2.05, 4.69) is 20.6 Å². The second kappa shape index (κ2) is 12.0. The lowest BCUT2D eigenvalue weighted by atomic mass is 10.3. The van der Waals surface area contributed by atoms with Crippen molar-refractivity contribution < 1.29 is 9.13 Å². The Kier molecular flexibility index (Phi) is 10.4. The number of benzene rings is 1. The van der Waals surface area contributed by atoms with Gasteiger partial charge < -0.3 is 15.4 Å². The number of guanidine groups is 1. The van der Waals surface area contributed by atoms with Crippen LogP contribution in [-0.4, -0.2) is 30.6 Å². The molecule has 0 bridgehead atoms. The molecule has 2 N–H and O–H groups in total. The number of hydrogen-bond donors (Lipinski definition) is 2. The van der Waals surface area contributed by atoms with Crippen LogP contribution < -0.4 is 15.4 Å². The van der Waals surface area contributed by atoms with Crippen LogP contribution in [0.2, 0.25) is 0 Å². The van der Waals surface area contributed by atoms with Crippen molar-refractivity contribution in [2.75, 3.05) is 19.7 Å². The molecule has 0 aliphatic carbocycles. The summed E-state index contributed by atoms with van der Waals surface area (Å²) in [5.41, 5.74) is 0. The van der Waals surface area contributed by atoms with E-state index < -0.39 is 0 Å². The lowest BCUT2D eigenvalue weighted by molar-refractivity contribution is 0.310. The third-order valence-corrected chi connectivity index (χ3v) is 3.98. The molecular weight excluding hydrogens is 454 g/mol. The average Bonchev–Trinajstić information content (AvgIpc) is 2.99. The van der Waals surface area contributed by atoms with E-state index in [1.165, 1.54) is 17.0 Å². The summed E-state index contributed by atoms with van der Waals surface area (Å²) in [5, 5.41) is 7.48. The van der Waals surface area contributed by atoms with Crippen molar-refractivity contribution in [3.63, 3.8) is 0 Å².